The van der Waals surface area contributed by atoms with Gasteiger partial charge in [-0.1, -0.05) is 37.8 Å². The fourth-order valence-corrected chi connectivity index (χ4v) is 2.94. The number of aromatic amines is 1. The van der Waals surface area contributed by atoms with Gasteiger partial charge in [0.25, 0.3) is 0 Å². The van der Waals surface area contributed by atoms with Crippen molar-refractivity contribution in [3.8, 4) is 0 Å². The topological polar surface area (TPSA) is 28.7 Å². The van der Waals surface area contributed by atoms with E-state index in [0.717, 1.165) is 5.52 Å². The van der Waals surface area contributed by atoms with Crippen LogP contribution in [0.5, 0.6) is 0 Å². The average Bonchev–Trinajstić information content (AvgIpc) is 2.59. The summed E-state index contributed by atoms with van der Waals surface area (Å²) in [5.74, 6) is 1.88. The molecule has 1 N–H and O–H groups in total. The minimum atomic E-state index is 0.657. The molecule has 1 aromatic carbocycles. The Balaban J connectivity index is 1.96. The molecular formula is C15H20N2. The summed E-state index contributed by atoms with van der Waals surface area (Å²) >= 11 is 0. The summed E-state index contributed by atoms with van der Waals surface area (Å²) in [4.78, 5) is 8.34. The Morgan fingerprint density at radius 3 is 2.59 bits per heavy atom. The molecule has 0 spiro atoms. The number of aryl methyl sites for hydroxylation is 1. The van der Waals surface area contributed by atoms with Crippen LogP contribution >= 0.6 is 0 Å². The first kappa shape index (κ1) is 10.8. The number of benzene rings is 1. The number of aromatic nitrogens is 2. The van der Waals surface area contributed by atoms with E-state index in [4.69, 9.17) is 4.98 Å². The van der Waals surface area contributed by atoms with E-state index in [0.29, 0.717) is 5.92 Å². The summed E-state index contributed by atoms with van der Waals surface area (Å²) in [6, 6.07) is 6.38. The van der Waals surface area contributed by atoms with E-state index < -0.39 is 0 Å². The summed E-state index contributed by atoms with van der Waals surface area (Å²) in [6.45, 7) is 2.14. The molecule has 2 nitrogen and oxygen atoms in total. The van der Waals surface area contributed by atoms with Crippen LogP contribution in [0.1, 0.15) is 55.8 Å². The molecule has 0 saturated heterocycles. The van der Waals surface area contributed by atoms with Gasteiger partial charge in [0.1, 0.15) is 5.82 Å². The molecule has 0 atom stereocenters. The van der Waals surface area contributed by atoms with Crippen LogP contribution in [0.25, 0.3) is 11.0 Å². The molecule has 0 amide bonds. The van der Waals surface area contributed by atoms with E-state index in [2.05, 4.69) is 30.1 Å². The van der Waals surface area contributed by atoms with Gasteiger partial charge >= 0.3 is 0 Å². The van der Waals surface area contributed by atoms with Crippen LogP contribution in [0.3, 0.4) is 0 Å². The average molecular weight is 228 g/mol. The minimum Gasteiger partial charge on any atom is -0.342 e. The number of fused-ring (bicyclic) bond motifs is 1. The van der Waals surface area contributed by atoms with Gasteiger partial charge < -0.3 is 4.98 Å². The molecule has 0 aliphatic heterocycles. The standard InChI is InChI=1S/C15H20N2/c1-11-7-6-10-13-14(11)17-15(16-13)12-8-4-2-3-5-9-12/h6-7,10,12H,2-5,8-9H2,1H3,(H,16,17). The van der Waals surface area contributed by atoms with Crippen LogP contribution in [0.2, 0.25) is 0 Å². The van der Waals surface area contributed by atoms with Gasteiger partial charge in [0.15, 0.2) is 0 Å². The SMILES string of the molecule is Cc1cccc2[nH]c(C3CCCCCC3)nc12. The zero-order valence-electron chi connectivity index (χ0n) is 10.5. The normalized spacial score (nSPS) is 18.4. The van der Waals surface area contributed by atoms with Gasteiger partial charge in [0, 0.05) is 5.92 Å². The summed E-state index contributed by atoms with van der Waals surface area (Å²) in [6.07, 6.45) is 8.13. The van der Waals surface area contributed by atoms with Crippen LogP contribution in [0, 0.1) is 6.92 Å². The maximum Gasteiger partial charge on any atom is 0.110 e. The van der Waals surface area contributed by atoms with E-state index in [1.807, 2.05) is 0 Å². The van der Waals surface area contributed by atoms with Crippen molar-refractivity contribution < 1.29 is 0 Å². The predicted molar refractivity (Wildman–Crippen MR) is 71.3 cm³/mol. The zero-order chi connectivity index (χ0) is 11.7. The fourth-order valence-electron chi connectivity index (χ4n) is 2.94. The van der Waals surface area contributed by atoms with Crippen LogP contribution in [0.4, 0.5) is 0 Å². The lowest BCUT2D eigenvalue weighted by Crippen LogP contribution is -1.99. The third-order valence-corrected chi connectivity index (χ3v) is 3.97. The van der Waals surface area contributed by atoms with Gasteiger partial charge in [-0.15, -0.1) is 0 Å². The number of rotatable bonds is 1. The molecule has 90 valence electrons. The van der Waals surface area contributed by atoms with E-state index in [1.165, 1.54) is 55.4 Å². The lowest BCUT2D eigenvalue weighted by molar-refractivity contribution is 0.567. The summed E-state index contributed by atoms with van der Waals surface area (Å²) in [7, 11) is 0. The lowest BCUT2D eigenvalue weighted by Gasteiger charge is -2.09. The van der Waals surface area contributed by atoms with Gasteiger partial charge in [-0.3, -0.25) is 0 Å². The lowest BCUT2D eigenvalue weighted by atomic mass is 10.00. The minimum absolute atomic E-state index is 0.657. The van der Waals surface area contributed by atoms with Gasteiger partial charge in [-0.25, -0.2) is 4.98 Å². The second kappa shape index (κ2) is 4.52. The molecule has 0 radical (unpaired) electrons. The van der Waals surface area contributed by atoms with Gasteiger partial charge in [-0.05, 0) is 31.4 Å². The first-order valence-electron chi connectivity index (χ1n) is 6.80. The summed E-state index contributed by atoms with van der Waals surface area (Å²) < 4.78 is 0. The molecule has 2 heteroatoms. The molecule has 3 rings (SSSR count). The molecule has 1 aliphatic rings. The monoisotopic (exact) mass is 228 g/mol. The van der Waals surface area contributed by atoms with Crippen LogP contribution in [-0.4, -0.2) is 9.97 Å². The van der Waals surface area contributed by atoms with Crippen molar-refractivity contribution in [1.82, 2.24) is 9.97 Å². The molecule has 1 aliphatic carbocycles. The predicted octanol–water partition coefficient (Wildman–Crippen LogP) is 4.31. The molecule has 1 heterocycles. The second-order valence-corrected chi connectivity index (χ2v) is 5.28. The van der Waals surface area contributed by atoms with E-state index in [1.54, 1.807) is 0 Å². The van der Waals surface area contributed by atoms with Crippen molar-refractivity contribution in [3.63, 3.8) is 0 Å². The maximum absolute atomic E-state index is 4.82. The van der Waals surface area contributed by atoms with Crippen LogP contribution < -0.4 is 0 Å². The highest BCUT2D eigenvalue weighted by atomic mass is 14.9. The Labute approximate surface area is 102 Å². The van der Waals surface area contributed by atoms with Crippen molar-refractivity contribution in [2.45, 2.75) is 51.4 Å². The molecule has 17 heavy (non-hydrogen) atoms. The molecule has 1 saturated carbocycles. The van der Waals surface area contributed by atoms with E-state index >= 15 is 0 Å². The van der Waals surface area contributed by atoms with Crippen molar-refractivity contribution in [2.24, 2.45) is 0 Å². The van der Waals surface area contributed by atoms with Gasteiger partial charge in [0.2, 0.25) is 0 Å². The van der Waals surface area contributed by atoms with E-state index in [9.17, 15) is 0 Å². The Bertz CT molecular complexity index is 505. The first-order valence-corrected chi connectivity index (χ1v) is 6.80. The highest BCUT2D eigenvalue weighted by Gasteiger charge is 2.18. The quantitative estimate of drug-likeness (QED) is 0.724. The molecule has 1 aromatic heterocycles. The number of para-hydroxylation sites is 1. The smallest absolute Gasteiger partial charge is 0.110 e. The number of H-pyrrole nitrogens is 1. The number of hydrogen-bond acceptors (Lipinski definition) is 1. The van der Waals surface area contributed by atoms with E-state index in [-0.39, 0.29) is 0 Å². The Kier molecular flexibility index (Phi) is 2.87. The Morgan fingerprint density at radius 1 is 1.12 bits per heavy atom. The van der Waals surface area contributed by atoms with Crippen molar-refractivity contribution in [1.29, 1.82) is 0 Å². The highest BCUT2D eigenvalue weighted by molar-refractivity contribution is 5.78. The number of nitrogens with one attached hydrogen (secondary N) is 1. The zero-order valence-corrected chi connectivity index (χ0v) is 10.5. The molecule has 1 fully saturated rings. The van der Waals surface area contributed by atoms with Crippen LogP contribution in [0.15, 0.2) is 18.2 Å². The number of nitrogens with zero attached hydrogens (tertiary/aromatic N) is 1. The van der Waals surface area contributed by atoms with Crippen molar-refractivity contribution in [2.75, 3.05) is 0 Å². The molecule has 0 unspecified atom stereocenters. The first-order chi connectivity index (χ1) is 8.34. The van der Waals surface area contributed by atoms with Gasteiger partial charge in [-0.2, -0.15) is 0 Å². The maximum atomic E-state index is 4.82. The largest absolute Gasteiger partial charge is 0.342 e. The van der Waals surface area contributed by atoms with Crippen molar-refractivity contribution >= 4 is 11.0 Å². The van der Waals surface area contributed by atoms with Crippen LogP contribution in [-0.2, 0) is 0 Å². The highest BCUT2D eigenvalue weighted by Crippen LogP contribution is 2.31. The third-order valence-electron chi connectivity index (χ3n) is 3.97. The second-order valence-electron chi connectivity index (χ2n) is 5.28. The number of imidazole rings is 1. The summed E-state index contributed by atoms with van der Waals surface area (Å²) in [5, 5.41) is 0. The van der Waals surface area contributed by atoms with Crippen molar-refractivity contribution in [3.05, 3.63) is 29.6 Å². The fraction of sp³-hybridized carbons (Fsp3) is 0.533. The molecule has 0 bridgehead atoms. The third kappa shape index (κ3) is 2.08. The summed E-state index contributed by atoms with van der Waals surface area (Å²) in [5.41, 5.74) is 3.63. The Morgan fingerprint density at radius 2 is 1.88 bits per heavy atom. The molecule has 2 aromatic rings. The van der Waals surface area contributed by atoms with Gasteiger partial charge in [0.05, 0.1) is 11.0 Å². The Hall–Kier alpha value is -1.31. The molecular weight excluding hydrogens is 208 g/mol. The number of hydrogen-bond donors (Lipinski definition) is 1.